The number of anilines is 3. The summed E-state index contributed by atoms with van der Waals surface area (Å²) in [6.07, 6.45) is -4.55. The number of hydrogen-bond acceptors (Lipinski definition) is 4. The van der Waals surface area contributed by atoms with E-state index in [0.29, 0.717) is 22.1 Å². The van der Waals surface area contributed by atoms with Crippen molar-refractivity contribution >= 4 is 69.4 Å². The lowest BCUT2D eigenvalue weighted by Gasteiger charge is -2.16. The standard InChI is InChI=1S/C25H21ClF3N3O2S2/c1-14(33)16-6-9-18(10-7-16)30-24(35)31-19-4-3-5-20(13-19)36-15(2)23(34)32-22-12-17(25(27,28)29)8-11-21(22)26/h3-13,15H,1-2H3,(H,32,34)(H2,30,31,35). The Morgan fingerprint density at radius 3 is 2.25 bits per heavy atom. The summed E-state index contributed by atoms with van der Waals surface area (Å²) in [5.74, 6) is -0.525. The number of carbonyl (C=O) groups is 2. The SMILES string of the molecule is CC(=O)c1ccc(NC(=S)Nc2cccc(SC(C)C(=O)Nc3cc(C(F)(F)F)ccc3Cl)c2)cc1. The van der Waals surface area contributed by atoms with Crippen LogP contribution in [0.4, 0.5) is 30.2 Å². The Morgan fingerprint density at radius 2 is 1.61 bits per heavy atom. The zero-order valence-corrected chi connectivity index (χ0v) is 21.5. The molecule has 188 valence electrons. The van der Waals surface area contributed by atoms with E-state index in [4.69, 9.17) is 23.8 Å². The first-order chi connectivity index (χ1) is 16.9. The van der Waals surface area contributed by atoms with Crippen LogP contribution in [0, 0.1) is 0 Å². The second-order valence-electron chi connectivity index (χ2n) is 7.68. The van der Waals surface area contributed by atoms with Crippen LogP contribution in [0.3, 0.4) is 0 Å². The van der Waals surface area contributed by atoms with Crippen molar-refractivity contribution in [3.63, 3.8) is 0 Å². The monoisotopic (exact) mass is 551 g/mol. The molecule has 0 radical (unpaired) electrons. The molecule has 0 heterocycles. The Kier molecular flexibility index (Phi) is 8.99. The van der Waals surface area contributed by atoms with Crippen molar-refractivity contribution in [3.05, 3.63) is 82.9 Å². The minimum Gasteiger partial charge on any atom is -0.332 e. The molecule has 0 fully saturated rings. The summed E-state index contributed by atoms with van der Waals surface area (Å²) < 4.78 is 39.0. The third-order valence-electron chi connectivity index (χ3n) is 4.87. The fourth-order valence-corrected chi connectivity index (χ4v) is 4.35. The van der Waals surface area contributed by atoms with E-state index < -0.39 is 22.9 Å². The smallest absolute Gasteiger partial charge is 0.332 e. The van der Waals surface area contributed by atoms with Crippen LogP contribution in [0.1, 0.15) is 29.8 Å². The van der Waals surface area contributed by atoms with Crippen molar-refractivity contribution in [1.82, 2.24) is 0 Å². The van der Waals surface area contributed by atoms with Crippen molar-refractivity contribution in [2.75, 3.05) is 16.0 Å². The maximum absolute atomic E-state index is 13.0. The van der Waals surface area contributed by atoms with Gasteiger partial charge in [-0.3, -0.25) is 9.59 Å². The van der Waals surface area contributed by atoms with Crippen molar-refractivity contribution in [3.8, 4) is 0 Å². The molecule has 1 unspecified atom stereocenters. The molecule has 0 saturated heterocycles. The zero-order valence-electron chi connectivity index (χ0n) is 19.1. The zero-order chi connectivity index (χ0) is 26.5. The molecule has 5 nitrogen and oxygen atoms in total. The minimum atomic E-state index is -4.55. The van der Waals surface area contributed by atoms with Gasteiger partial charge in [0.1, 0.15) is 0 Å². The van der Waals surface area contributed by atoms with Gasteiger partial charge in [0.05, 0.1) is 21.5 Å². The van der Waals surface area contributed by atoms with Gasteiger partial charge < -0.3 is 16.0 Å². The maximum Gasteiger partial charge on any atom is 0.416 e. The van der Waals surface area contributed by atoms with Crippen LogP contribution in [0.2, 0.25) is 5.02 Å². The van der Waals surface area contributed by atoms with E-state index in [2.05, 4.69) is 16.0 Å². The Balaban J connectivity index is 1.60. The summed E-state index contributed by atoms with van der Waals surface area (Å²) in [4.78, 5) is 24.8. The van der Waals surface area contributed by atoms with Gasteiger partial charge in [0.2, 0.25) is 5.91 Å². The summed E-state index contributed by atoms with van der Waals surface area (Å²) in [7, 11) is 0. The van der Waals surface area contributed by atoms with E-state index >= 15 is 0 Å². The van der Waals surface area contributed by atoms with Gasteiger partial charge in [0.25, 0.3) is 0 Å². The third kappa shape index (κ3) is 7.71. The maximum atomic E-state index is 13.0. The highest BCUT2D eigenvalue weighted by Gasteiger charge is 2.31. The molecule has 1 amide bonds. The highest BCUT2D eigenvalue weighted by atomic mass is 35.5. The summed E-state index contributed by atoms with van der Waals surface area (Å²) in [5, 5.41) is 8.26. The van der Waals surface area contributed by atoms with Gasteiger partial charge in [0.15, 0.2) is 10.9 Å². The summed E-state index contributed by atoms with van der Waals surface area (Å²) in [5.41, 5.74) is 0.971. The lowest BCUT2D eigenvalue weighted by atomic mass is 10.1. The van der Waals surface area contributed by atoms with Gasteiger partial charge >= 0.3 is 6.18 Å². The molecule has 0 aromatic heterocycles. The number of Topliss-reactive ketones (excluding diaryl/α,β-unsaturated/α-hetero) is 1. The molecule has 0 bridgehead atoms. The van der Waals surface area contributed by atoms with Gasteiger partial charge in [-0.1, -0.05) is 17.7 Å². The van der Waals surface area contributed by atoms with Crippen LogP contribution in [0.15, 0.2) is 71.6 Å². The molecule has 0 spiro atoms. The van der Waals surface area contributed by atoms with E-state index in [0.717, 1.165) is 23.1 Å². The van der Waals surface area contributed by atoms with Crippen molar-refractivity contribution < 1.29 is 22.8 Å². The molecule has 3 aromatic rings. The summed E-state index contributed by atoms with van der Waals surface area (Å²) in [6, 6.07) is 16.8. The molecular weight excluding hydrogens is 531 g/mol. The lowest BCUT2D eigenvalue weighted by Crippen LogP contribution is -2.23. The van der Waals surface area contributed by atoms with Crippen LogP contribution < -0.4 is 16.0 Å². The van der Waals surface area contributed by atoms with E-state index in [1.165, 1.54) is 18.7 Å². The first kappa shape index (κ1) is 27.5. The van der Waals surface area contributed by atoms with Crippen LogP contribution in [0.5, 0.6) is 0 Å². The van der Waals surface area contributed by atoms with Crippen molar-refractivity contribution in [2.24, 2.45) is 0 Å². The Labute approximate surface area is 220 Å². The van der Waals surface area contributed by atoms with E-state index in [1.54, 1.807) is 55.5 Å². The Morgan fingerprint density at radius 1 is 0.944 bits per heavy atom. The highest BCUT2D eigenvalue weighted by molar-refractivity contribution is 8.00. The molecule has 11 heteroatoms. The number of hydrogen-bond donors (Lipinski definition) is 3. The fraction of sp³-hybridized carbons (Fsp3) is 0.160. The molecular formula is C25H21ClF3N3O2S2. The second-order valence-corrected chi connectivity index (χ2v) is 9.91. The topological polar surface area (TPSA) is 70.2 Å². The van der Waals surface area contributed by atoms with Gasteiger partial charge in [-0.25, -0.2) is 0 Å². The lowest BCUT2D eigenvalue weighted by molar-refractivity contribution is -0.137. The quantitative estimate of drug-likeness (QED) is 0.160. The highest BCUT2D eigenvalue weighted by Crippen LogP contribution is 2.34. The van der Waals surface area contributed by atoms with Gasteiger partial charge in [-0.15, -0.1) is 11.8 Å². The van der Waals surface area contributed by atoms with E-state index in [-0.39, 0.29) is 16.5 Å². The normalized spacial score (nSPS) is 11.9. The van der Waals surface area contributed by atoms with E-state index in [1.807, 2.05) is 0 Å². The second kappa shape index (κ2) is 11.8. The van der Waals surface area contributed by atoms with Crippen LogP contribution >= 0.6 is 35.6 Å². The fourth-order valence-electron chi connectivity index (χ4n) is 3.02. The van der Waals surface area contributed by atoms with Gasteiger partial charge in [-0.2, -0.15) is 13.2 Å². The summed E-state index contributed by atoms with van der Waals surface area (Å²) >= 11 is 12.5. The molecule has 3 N–H and O–H groups in total. The molecule has 36 heavy (non-hydrogen) atoms. The largest absolute Gasteiger partial charge is 0.416 e. The number of rotatable bonds is 7. The molecule has 3 rings (SSSR count). The number of thiocarbonyl (C=S) groups is 1. The number of alkyl halides is 3. The number of amides is 1. The molecule has 0 aliphatic rings. The first-order valence-corrected chi connectivity index (χ1v) is 12.2. The van der Waals surface area contributed by atoms with Gasteiger partial charge in [-0.05, 0) is 86.7 Å². The Bertz CT molecular complexity index is 1280. The number of halogens is 4. The number of benzene rings is 3. The number of ketones is 1. The van der Waals surface area contributed by atoms with Crippen LogP contribution in [-0.4, -0.2) is 22.1 Å². The molecule has 0 aliphatic carbocycles. The molecule has 0 saturated carbocycles. The van der Waals surface area contributed by atoms with Crippen molar-refractivity contribution in [1.29, 1.82) is 0 Å². The third-order valence-corrected chi connectivity index (χ3v) is 6.50. The van der Waals surface area contributed by atoms with E-state index in [9.17, 15) is 22.8 Å². The molecule has 3 aromatic carbocycles. The summed E-state index contributed by atoms with van der Waals surface area (Å²) in [6.45, 7) is 3.13. The predicted molar refractivity (Wildman–Crippen MR) is 143 cm³/mol. The average molecular weight is 552 g/mol. The van der Waals surface area contributed by atoms with Crippen LogP contribution in [0.25, 0.3) is 0 Å². The molecule has 1 atom stereocenters. The van der Waals surface area contributed by atoms with Crippen molar-refractivity contribution in [2.45, 2.75) is 30.2 Å². The molecule has 0 aliphatic heterocycles. The van der Waals surface area contributed by atoms with Crippen LogP contribution in [-0.2, 0) is 11.0 Å². The first-order valence-electron chi connectivity index (χ1n) is 10.6. The van der Waals surface area contributed by atoms with Gasteiger partial charge in [0, 0.05) is 21.8 Å². The number of nitrogens with one attached hydrogen (secondary N) is 3. The minimum absolute atomic E-state index is 0.0108. The Hall–Kier alpha value is -3.08. The predicted octanol–water partition coefficient (Wildman–Crippen LogP) is 7.49. The number of carbonyl (C=O) groups excluding carboxylic acids is 2. The number of thioether (sulfide) groups is 1. The average Bonchev–Trinajstić information content (AvgIpc) is 2.80.